The molecule has 0 radical (unpaired) electrons. The van der Waals surface area contributed by atoms with Gasteiger partial charge in [0.1, 0.15) is 11.9 Å². The van der Waals surface area contributed by atoms with Gasteiger partial charge in [0, 0.05) is 25.3 Å². The fraction of sp³-hybridized carbons (Fsp3) is 0.611. The van der Waals surface area contributed by atoms with Gasteiger partial charge in [-0.3, -0.25) is 4.99 Å². The number of aliphatic hydroxyl groups is 1. The summed E-state index contributed by atoms with van der Waals surface area (Å²) in [6.07, 6.45) is 0.0761. The topological polar surface area (TPSA) is 65.9 Å². The van der Waals surface area contributed by atoms with Gasteiger partial charge in [0.2, 0.25) is 0 Å². The molecular weight excluding hydrogens is 309 g/mol. The number of aliphatic imine (C=N–C) groups is 1. The van der Waals surface area contributed by atoms with Gasteiger partial charge in [0.25, 0.3) is 0 Å². The Morgan fingerprint density at radius 2 is 2.00 bits per heavy atom. The zero-order valence-corrected chi connectivity index (χ0v) is 14.9. The molecule has 6 heteroatoms. The van der Waals surface area contributed by atoms with Crippen LogP contribution in [-0.2, 0) is 4.74 Å². The lowest BCUT2D eigenvalue weighted by Gasteiger charge is -2.14. The number of nitrogens with one attached hydrogen (secondary N) is 2. The standard InChI is InChI=1S/C18H30FN3O2/c1-4-20-18(21-10-12-24-11-9-14(2)3)22-13-17(23)15-7-5-6-8-16(15)19/h5-8,14,17,23H,4,9-13H2,1-3H3,(H2,20,21,22). The van der Waals surface area contributed by atoms with Crippen molar-refractivity contribution >= 4 is 5.96 Å². The van der Waals surface area contributed by atoms with E-state index in [4.69, 9.17) is 4.74 Å². The molecule has 5 nitrogen and oxygen atoms in total. The van der Waals surface area contributed by atoms with Crippen molar-refractivity contribution in [2.45, 2.75) is 33.3 Å². The zero-order chi connectivity index (χ0) is 17.8. The van der Waals surface area contributed by atoms with Crippen LogP contribution >= 0.6 is 0 Å². The maximum atomic E-state index is 13.6. The number of ether oxygens (including phenoxy) is 1. The predicted octanol–water partition coefficient (Wildman–Crippen LogP) is 2.48. The highest BCUT2D eigenvalue weighted by molar-refractivity contribution is 5.79. The highest BCUT2D eigenvalue weighted by Crippen LogP contribution is 2.16. The van der Waals surface area contributed by atoms with E-state index in [0.29, 0.717) is 31.6 Å². The SMILES string of the molecule is CCNC(=NCC(O)c1ccccc1F)NCCOCCC(C)C. The lowest BCUT2D eigenvalue weighted by Crippen LogP contribution is -2.39. The Morgan fingerprint density at radius 1 is 1.25 bits per heavy atom. The van der Waals surface area contributed by atoms with E-state index >= 15 is 0 Å². The second-order valence-corrected chi connectivity index (χ2v) is 5.98. The molecule has 136 valence electrons. The summed E-state index contributed by atoms with van der Waals surface area (Å²) in [5.74, 6) is 0.800. The maximum Gasteiger partial charge on any atom is 0.191 e. The third kappa shape index (κ3) is 8.26. The highest BCUT2D eigenvalue weighted by atomic mass is 19.1. The van der Waals surface area contributed by atoms with Crippen molar-refractivity contribution in [2.75, 3.05) is 32.8 Å². The summed E-state index contributed by atoms with van der Waals surface area (Å²) in [5.41, 5.74) is 0.258. The predicted molar refractivity (Wildman–Crippen MR) is 95.6 cm³/mol. The molecule has 1 aromatic carbocycles. The summed E-state index contributed by atoms with van der Waals surface area (Å²) in [5, 5.41) is 16.3. The minimum atomic E-state index is -0.969. The van der Waals surface area contributed by atoms with Crippen molar-refractivity contribution in [2.24, 2.45) is 10.9 Å². The van der Waals surface area contributed by atoms with Crippen molar-refractivity contribution < 1.29 is 14.2 Å². The van der Waals surface area contributed by atoms with E-state index in [2.05, 4.69) is 29.5 Å². The van der Waals surface area contributed by atoms with Gasteiger partial charge in [-0.15, -0.1) is 0 Å². The molecule has 1 rings (SSSR count). The lowest BCUT2D eigenvalue weighted by molar-refractivity contribution is 0.128. The number of hydrogen-bond donors (Lipinski definition) is 3. The first kappa shape index (κ1) is 20.4. The van der Waals surface area contributed by atoms with E-state index in [1.807, 2.05) is 6.92 Å². The summed E-state index contributed by atoms with van der Waals surface area (Å²) in [6.45, 7) is 9.05. The quantitative estimate of drug-likeness (QED) is 0.348. The maximum absolute atomic E-state index is 13.6. The molecule has 0 aliphatic carbocycles. The number of nitrogens with zero attached hydrogens (tertiary/aromatic N) is 1. The summed E-state index contributed by atoms with van der Waals surface area (Å²) >= 11 is 0. The molecule has 0 saturated heterocycles. The smallest absolute Gasteiger partial charge is 0.191 e. The van der Waals surface area contributed by atoms with Crippen molar-refractivity contribution in [1.29, 1.82) is 0 Å². The molecule has 0 spiro atoms. The molecule has 0 amide bonds. The van der Waals surface area contributed by atoms with Crippen molar-refractivity contribution in [3.05, 3.63) is 35.6 Å². The third-order valence-corrected chi connectivity index (χ3v) is 3.41. The van der Waals surface area contributed by atoms with E-state index in [1.54, 1.807) is 18.2 Å². The Kier molecular flexibility index (Phi) is 10.0. The van der Waals surface area contributed by atoms with Crippen LogP contribution in [-0.4, -0.2) is 43.9 Å². The Morgan fingerprint density at radius 3 is 2.67 bits per heavy atom. The Balaban J connectivity index is 2.40. The minimum Gasteiger partial charge on any atom is -0.386 e. The molecule has 24 heavy (non-hydrogen) atoms. The van der Waals surface area contributed by atoms with E-state index in [0.717, 1.165) is 13.0 Å². The number of hydrogen-bond acceptors (Lipinski definition) is 3. The van der Waals surface area contributed by atoms with Crippen LogP contribution in [0.25, 0.3) is 0 Å². The van der Waals surface area contributed by atoms with Crippen molar-refractivity contribution in [1.82, 2.24) is 10.6 Å². The number of aliphatic hydroxyl groups excluding tert-OH is 1. The van der Waals surface area contributed by atoms with E-state index in [-0.39, 0.29) is 12.1 Å². The lowest BCUT2D eigenvalue weighted by atomic mass is 10.1. The number of guanidine groups is 1. The van der Waals surface area contributed by atoms with Crippen molar-refractivity contribution in [3.63, 3.8) is 0 Å². The third-order valence-electron chi connectivity index (χ3n) is 3.41. The van der Waals surface area contributed by atoms with Crippen LogP contribution in [0, 0.1) is 11.7 Å². The van der Waals surface area contributed by atoms with Crippen LogP contribution in [0.3, 0.4) is 0 Å². The van der Waals surface area contributed by atoms with E-state index < -0.39 is 11.9 Å². The molecule has 1 atom stereocenters. The molecule has 3 N–H and O–H groups in total. The van der Waals surface area contributed by atoms with Crippen molar-refractivity contribution in [3.8, 4) is 0 Å². The van der Waals surface area contributed by atoms with Gasteiger partial charge in [0.15, 0.2) is 5.96 Å². The molecule has 0 aromatic heterocycles. The van der Waals surface area contributed by atoms with E-state index in [9.17, 15) is 9.50 Å². The second kappa shape index (κ2) is 11.8. The molecule has 0 bridgehead atoms. The molecule has 0 fully saturated rings. The Labute approximate surface area is 144 Å². The van der Waals surface area contributed by atoms with Gasteiger partial charge in [-0.1, -0.05) is 32.0 Å². The highest BCUT2D eigenvalue weighted by Gasteiger charge is 2.11. The fourth-order valence-corrected chi connectivity index (χ4v) is 2.03. The first-order valence-corrected chi connectivity index (χ1v) is 8.57. The van der Waals surface area contributed by atoms with Crippen LogP contribution in [0.4, 0.5) is 4.39 Å². The van der Waals surface area contributed by atoms with Crippen LogP contribution in [0.15, 0.2) is 29.3 Å². The zero-order valence-electron chi connectivity index (χ0n) is 14.9. The fourth-order valence-electron chi connectivity index (χ4n) is 2.03. The van der Waals surface area contributed by atoms with Crippen LogP contribution in [0.1, 0.15) is 38.9 Å². The molecule has 0 aliphatic heterocycles. The van der Waals surface area contributed by atoms with Crippen LogP contribution < -0.4 is 10.6 Å². The first-order chi connectivity index (χ1) is 11.5. The monoisotopic (exact) mass is 339 g/mol. The summed E-state index contributed by atoms with van der Waals surface area (Å²) in [4.78, 5) is 4.30. The van der Waals surface area contributed by atoms with Gasteiger partial charge >= 0.3 is 0 Å². The van der Waals surface area contributed by atoms with Gasteiger partial charge in [-0.25, -0.2) is 4.39 Å². The molecule has 0 aliphatic rings. The average molecular weight is 339 g/mol. The van der Waals surface area contributed by atoms with Crippen LogP contribution in [0.5, 0.6) is 0 Å². The van der Waals surface area contributed by atoms with Crippen LogP contribution in [0.2, 0.25) is 0 Å². The molecule has 1 unspecified atom stereocenters. The minimum absolute atomic E-state index is 0.0878. The molecular formula is C18H30FN3O2. The van der Waals surface area contributed by atoms with Gasteiger partial charge in [-0.2, -0.15) is 0 Å². The van der Waals surface area contributed by atoms with Gasteiger partial charge < -0.3 is 20.5 Å². The Bertz CT molecular complexity index is 495. The second-order valence-electron chi connectivity index (χ2n) is 5.98. The summed E-state index contributed by atoms with van der Waals surface area (Å²) in [7, 11) is 0. The number of benzene rings is 1. The average Bonchev–Trinajstić information content (AvgIpc) is 2.55. The summed E-state index contributed by atoms with van der Waals surface area (Å²) in [6, 6.07) is 6.20. The first-order valence-electron chi connectivity index (χ1n) is 8.57. The number of rotatable bonds is 10. The normalized spacial score (nSPS) is 13.2. The molecule has 0 heterocycles. The Hall–Kier alpha value is -1.66. The van der Waals surface area contributed by atoms with Gasteiger partial charge in [0.05, 0.1) is 13.2 Å². The van der Waals surface area contributed by atoms with E-state index in [1.165, 1.54) is 6.07 Å². The molecule has 0 saturated carbocycles. The summed E-state index contributed by atoms with van der Waals surface area (Å²) < 4.78 is 19.2. The van der Waals surface area contributed by atoms with Gasteiger partial charge in [-0.05, 0) is 25.3 Å². The largest absolute Gasteiger partial charge is 0.386 e. The number of halogens is 1. The molecule has 1 aromatic rings.